The van der Waals surface area contributed by atoms with Crippen molar-refractivity contribution in [1.82, 2.24) is 0 Å². The first-order valence-corrected chi connectivity index (χ1v) is 5.21. The van der Waals surface area contributed by atoms with Crippen molar-refractivity contribution < 1.29 is 13.6 Å². The van der Waals surface area contributed by atoms with Gasteiger partial charge in [-0.1, -0.05) is 6.07 Å². The van der Waals surface area contributed by atoms with Gasteiger partial charge in [0.2, 0.25) is 0 Å². The van der Waals surface area contributed by atoms with Crippen LogP contribution in [0.3, 0.4) is 0 Å². The molecule has 4 heteroatoms. The van der Waals surface area contributed by atoms with Crippen molar-refractivity contribution in [2.75, 3.05) is 6.66 Å². The van der Waals surface area contributed by atoms with E-state index >= 15 is 0 Å². The van der Waals surface area contributed by atoms with Crippen LogP contribution in [0.4, 0.5) is 0 Å². The molecule has 0 radical (unpaired) electrons. The highest BCUT2D eigenvalue weighted by molar-refractivity contribution is 7.53. The van der Waals surface area contributed by atoms with E-state index in [9.17, 15) is 4.57 Å². The number of fused-ring (bicyclic) bond motifs is 2. The molecule has 0 spiro atoms. The van der Waals surface area contributed by atoms with Crippen molar-refractivity contribution in [3.63, 3.8) is 0 Å². The van der Waals surface area contributed by atoms with Crippen LogP contribution in [0, 0.1) is 0 Å². The van der Waals surface area contributed by atoms with E-state index in [1.165, 1.54) is 6.66 Å². The highest BCUT2D eigenvalue weighted by Gasteiger charge is 2.24. The van der Waals surface area contributed by atoms with Crippen LogP contribution >= 0.6 is 7.60 Å². The molecule has 0 saturated heterocycles. The Labute approximate surface area is 64.5 Å². The second-order valence-electron chi connectivity index (χ2n) is 2.43. The molecule has 1 aliphatic rings. The molecule has 0 N–H and O–H groups in total. The van der Waals surface area contributed by atoms with Crippen LogP contribution in [0.5, 0.6) is 11.5 Å². The van der Waals surface area contributed by atoms with Gasteiger partial charge in [-0.2, -0.15) is 0 Å². The lowest BCUT2D eigenvalue weighted by molar-refractivity contribution is 0.379. The maximum atomic E-state index is 11.3. The molecule has 0 fully saturated rings. The van der Waals surface area contributed by atoms with E-state index in [1.54, 1.807) is 24.3 Å². The van der Waals surface area contributed by atoms with Gasteiger partial charge in [-0.3, -0.25) is 0 Å². The molecule has 1 aromatic rings. The molecular weight excluding hydrogens is 163 g/mol. The molecule has 2 bridgehead atoms. The van der Waals surface area contributed by atoms with Crippen molar-refractivity contribution in [2.24, 2.45) is 0 Å². The van der Waals surface area contributed by atoms with Crippen LogP contribution in [0.1, 0.15) is 0 Å². The molecule has 1 aromatic carbocycles. The molecular formula is C7H7O3P. The van der Waals surface area contributed by atoms with Gasteiger partial charge in [0.1, 0.15) is 11.5 Å². The summed E-state index contributed by atoms with van der Waals surface area (Å²) in [4.78, 5) is 0. The van der Waals surface area contributed by atoms with Crippen LogP contribution < -0.4 is 9.05 Å². The fraction of sp³-hybridized carbons (Fsp3) is 0.143. The third-order valence-electron chi connectivity index (χ3n) is 1.35. The third-order valence-corrected chi connectivity index (χ3v) is 2.43. The highest BCUT2D eigenvalue weighted by Crippen LogP contribution is 2.49. The van der Waals surface area contributed by atoms with Gasteiger partial charge in [-0.15, -0.1) is 0 Å². The Kier molecular flexibility index (Phi) is 1.24. The average Bonchev–Trinajstić information content (AvgIpc) is 1.82. The fourth-order valence-corrected chi connectivity index (χ4v) is 2.02. The molecule has 2 rings (SSSR count). The molecule has 0 aliphatic carbocycles. The van der Waals surface area contributed by atoms with Crippen LogP contribution in [-0.2, 0) is 4.57 Å². The topological polar surface area (TPSA) is 35.5 Å². The zero-order valence-electron chi connectivity index (χ0n) is 5.98. The van der Waals surface area contributed by atoms with Gasteiger partial charge in [0.25, 0.3) is 0 Å². The van der Waals surface area contributed by atoms with E-state index in [1.807, 2.05) is 0 Å². The van der Waals surface area contributed by atoms with Crippen LogP contribution in [0.2, 0.25) is 0 Å². The zero-order chi connectivity index (χ0) is 7.90. The van der Waals surface area contributed by atoms with Crippen LogP contribution in [0.25, 0.3) is 0 Å². The molecule has 0 amide bonds. The average molecular weight is 170 g/mol. The molecule has 0 saturated carbocycles. The quantitative estimate of drug-likeness (QED) is 0.560. The second-order valence-corrected chi connectivity index (χ2v) is 4.34. The molecule has 1 aliphatic heterocycles. The Morgan fingerprint density at radius 3 is 2.36 bits per heavy atom. The van der Waals surface area contributed by atoms with Crippen molar-refractivity contribution >= 4 is 7.60 Å². The van der Waals surface area contributed by atoms with Gasteiger partial charge >= 0.3 is 7.60 Å². The number of benzene rings is 1. The minimum Gasteiger partial charge on any atom is -0.416 e. The lowest BCUT2D eigenvalue weighted by Gasteiger charge is -2.20. The molecule has 3 nitrogen and oxygen atoms in total. The number of hydrogen-bond acceptors (Lipinski definition) is 3. The van der Waals surface area contributed by atoms with E-state index in [-0.39, 0.29) is 0 Å². The monoisotopic (exact) mass is 170 g/mol. The lowest BCUT2D eigenvalue weighted by atomic mass is 10.3. The number of rotatable bonds is 0. The summed E-state index contributed by atoms with van der Waals surface area (Å²) in [6.07, 6.45) is 0. The molecule has 0 aromatic heterocycles. The Bertz CT molecular complexity index is 309. The first kappa shape index (κ1) is 6.74. The molecule has 0 atom stereocenters. The Morgan fingerprint density at radius 1 is 1.27 bits per heavy atom. The minimum atomic E-state index is -2.85. The van der Waals surface area contributed by atoms with Crippen LogP contribution in [0.15, 0.2) is 24.3 Å². The van der Waals surface area contributed by atoms with Crippen molar-refractivity contribution in [3.05, 3.63) is 24.3 Å². The van der Waals surface area contributed by atoms with Gasteiger partial charge in [0, 0.05) is 6.07 Å². The zero-order valence-corrected chi connectivity index (χ0v) is 6.88. The van der Waals surface area contributed by atoms with Gasteiger partial charge < -0.3 is 9.05 Å². The van der Waals surface area contributed by atoms with E-state index in [2.05, 4.69) is 0 Å². The Hall–Kier alpha value is -0.950. The minimum absolute atomic E-state index is 0.611. The summed E-state index contributed by atoms with van der Waals surface area (Å²) in [5, 5.41) is 0. The summed E-state index contributed by atoms with van der Waals surface area (Å²) in [6.45, 7) is 1.45. The van der Waals surface area contributed by atoms with Gasteiger partial charge in [0.15, 0.2) is 0 Å². The molecule has 1 heterocycles. The second kappa shape index (κ2) is 2.02. The van der Waals surface area contributed by atoms with Gasteiger partial charge in [-0.25, -0.2) is 4.57 Å². The SMILES string of the molecule is CP1(=O)Oc2cccc(c2)O1. The summed E-state index contributed by atoms with van der Waals surface area (Å²) >= 11 is 0. The summed E-state index contributed by atoms with van der Waals surface area (Å²) in [5.74, 6) is 1.22. The van der Waals surface area contributed by atoms with Gasteiger partial charge in [-0.05, 0) is 12.1 Å². The summed E-state index contributed by atoms with van der Waals surface area (Å²) in [5.41, 5.74) is 0. The van der Waals surface area contributed by atoms with Gasteiger partial charge in [0.05, 0.1) is 6.66 Å². The van der Waals surface area contributed by atoms with E-state index in [0.717, 1.165) is 0 Å². The van der Waals surface area contributed by atoms with E-state index in [4.69, 9.17) is 9.05 Å². The largest absolute Gasteiger partial charge is 0.427 e. The van der Waals surface area contributed by atoms with E-state index in [0.29, 0.717) is 11.5 Å². The highest BCUT2D eigenvalue weighted by atomic mass is 31.2. The predicted molar refractivity (Wildman–Crippen MR) is 41.2 cm³/mol. The Morgan fingerprint density at radius 2 is 1.82 bits per heavy atom. The van der Waals surface area contributed by atoms with E-state index < -0.39 is 7.60 Å². The van der Waals surface area contributed by atoms with Crippen molar-refractivity contribution in [1.29, 1.82) is 0 Å². The normalized spacial score (nSPS) is 18.3. The number of hydrogen-bond donors (Lipinski definition) is 0. The van der Waals surface area contributed by atoms with Crippen molar-refractivity contribution in [3.8, 4) is 11.5 Å². The maximum absolute atomic E-state index is 11.3. The first-order valence-electron chi connectivity index (χ1n) is 3.22. The third kappa shape index (κ3) is 1.24. The molecule has 58 valence electrons. The lowest BCUT2D eigenvalue weighted by Crippen LogP contribution is -2.03. The summed E-state index contributed by atoms with van der Waals surface area (Å²) in [7, 11) is -2.85. The summed E-state index contributed by atoms with van der Waals surface area (Å²) < 4.78 is 21.3. The first-order chi connectivity index (χ1) is 5.16. The predicted octanol–water partition coefficient (Wildman–Crippen LogP) is 2.28. The Balaban J connectivity index is 2.51. The standard InChI is InChI=1S/C7H7O3P/c1-11(8)9-6-3-2-4-7(5-6)10-11/h2-5H,1H3. The molecule has 0 unspecified atom stereocenters. The maximum Gasteiger partial charge on any atom is 0.427 e. The summed E-state index contributed by atoms with van der Waals surface area (Å²) in [6, 6.07) is 7.01. The molecule has 11 heavy (non-hydrogen) atoms. The van der Waals surface area contributed by atoms with Crippen molar-refractivity contribution in [2.45, 2.75) is 0 Å². The fourth-order valence-electron chi connectivity index (χ4n) is 0.989. The van der Waals surface area contributed by atoms with Crippen LogP contribution in [-0.4, -0.2) is 6.66 Å². The smallest absolute Gasteiger partial charge is 0.416 e.